The smallest absolute Gasteiger partial charge is 0.319 e. The highest BCUT2D eigenvalue weighted by Gasteiger charge is 2.40. The van der Waals surface area contributed by atoms with Gasteiger partial charge in [-0.15, -0.1) is 0 Å². The Kier molecular flexibility index (Phi) is 7.34. The van der Waals surface area contributed by atoms with Crippen molar-refractivity contribution in [3.8, 4) is 0 Å². The van der Waals surface area contributed by atoms with Crippen molar-refractivity contribution in [2.45, 2.75) is 38.3 Å². The summed E-state index contributed by atoms with van der Waals surface area (Å²) in [7, 11) is 0. The Morgan fingerprint density at radius 3 is 2.54 bits per heavy atom. The van der Waals surface area contributed by atoms with Crippen molar-refractivity contribution in [3.05, 3.63) is 40.7 Å². The molecule has 37 heavy (non-hydrogen) atoms. The summed E-state index contributed by atoms with van der Waals surface area (Å²) in [6.45, 7) is 5.17. The van der Waals surface area contributed by atoms with Gasteiger partial charge >= 0.3 is 6.03 Å². The van der Waals surface area contributed by atoms with Crippen molar-refractivity contribution < 1.29 is 14.4 Å². The third-order valence-corrected chi connectivity index (χ3v) is 6.35. The number of halogens is 1. The van der Waals surface area contributed by atoms with Gasteiger partial charge in [-0.3, -0.25) is 19.9 Å². The van der Waals surface area contributed by atoms with Gasteiger partial charge < -0.3 is 32.3 Å². The Hall–Kier alpha value is -4.13. The quantitative estimate of drug-likeness (QED) is 0.340. The number of nitrogens with one attached hydrogen (secondary N) is 4. The van der Waals surface area contributed by atoms with Crippen molar-refractivity contribution in [2.24, 2.45) is 4.99 Å². The molecule has 0 bridgehead atoms. The lowest BCUT2D eigenvalue weighted by Gasteiger charge is -2.39. The second-order valence-electron chi connectivity index (χ2n) is 9.28. The molecule has 2 aliphatic rings. The number of nitrogens with zero attached hydrogens (tertiary/aromatic N) is 4. The first kappa shape index (κ1) is 25.9. The van der Waals surface area contributed by atoms with Crippen LogP contribution in [0, 0.1) is 0 Å². The van der Waals surface area contributed by atoms with E-state index in [1.54, 1.807) is 29.2 Å². The van der Waals surface area contributed by atoms with Crippen LogP contribution in [0.2, 0.25) is 5.15 Å². The molecule has 0 unspecified atom stereocenters. The van der Waals surface area contributed by atoms with Crippen LogP contribution in [0.5, 0.6) is 0 Å². The van der Waals surface area contributed by atoms with Crippen LogP contribution in [-0.2, 0) is 0 Å². The first-order chi connectivity index (χ1) is 17.5. The number of nitrogens with two attached hydrogens (primary N) is 2. The standard InChI is InChI=1S/C23H29ClN10O3/c1-12(2)28-22(37)29-14-5-3-4-13(10-14)20(36)34-8-6-23(7-9-34)11-27-21(33-23)32-19(35)15-17(25)31-18(26)16(24)30-15/h3-5,10,12H,6-9,11H2,1-2H3,(H4,25,26,31)(H2,28,29,37)(H2,27,32,33,35). The van der Waals surface area contributed by atoms with Gasteiger partial charge in [0, 0.05) is 30.4 Å². The Morgan fingerprint density at radius 2 is 1.84 bits per heavy atom. The van der Waals surface area contributed by atoms with E-state index >= 15 is 0 Å². The number of benzene rings is 1. The number of anilines is 3. The largest absolute Gasteiger partial charge is 0.382 e. The molecule has 1 fully saturated rings. The Balaban J connectivity index is 1.32. The number of aliphatic imine (C=N–C) groups is 1. The maximum atomic E-state index is 13.1. The summed E-state index contributed by atoms with van der Waals surface area (Å²) in [6, 6.07) is 6.51. The average Bonchev–Trinajstić information content (AvgIpc) is 3.22. The number of urea groups is 1. The van der Waals surface area contributed by atoms with E-state index in [-0.39, 0.29) is 52.0 Å². The van der Waals surface area contributed by atoms with Gasteiger partial charge in [0.2, 0.25) is 0 Å². The molecule has 0 saturated carbocycles. The lowest BCUT2D eigenvalue weighted by atomic mass is 9.88. The number of guanidine groups is 1. The number of hydrogen-bond acceptors (Lipinski definition) is 9. The van der Waals surface area contributed by atoms with Crippen LogP contribution in [0.15, 0.2) is 29.3 Å². The van der Waals surface area contributed by atoms with Gasteiger partial charge in [0.1, 0.15) is 0 Å². The van der Waals surface area contributed by atoms with Crippen molar-refractivity contribution in [1.29, 1.82) is 0 Å². The van der Waals surface area contributed by atoms with Gasteiger partial charge in [-0.25, -0.2) is 14.8 Å². The molecule has 0 aliphatic carbocycles. The molecule has 2 aliphatic heterocycles. The van der Waals surface area contributed by atoms with E-state index in [2.05, 4.69) is 36.2 Å². The molecule has 1 aromatic carbocycles. The predicted molar refractivity (Wildman–Crippen MR) is 140 cm³/mol. The topological polar surface area (TPSA) is 193 Å². The highest BCUT2D eigenvalue weighted by atomic mass is 35.5. The van der Waals surface area contributed by atoms with Crippen molar-refractivity contribution in [1.82, 2.24) is 30.8 Å². The lowest BCUT2D eigenvalue weighted by Crippen LogP contribution is -2.57. The molecule has 4 rings (SSSR count). The maximum Gasteiger partial charge on any atom is 0.319 e. The first-order valence-corrected chi connectivity index (χ1v) is 12.1. The Morgan fingerprint density at radius 1 is 1.11 bits per heavy atom. The molecule has 196 valence electrons. The molecule has 13 nitrogen and oxygen atoms in total. The van der Waals surface area contributed by atoms with Crippen molar-refractivity contribution in [3.63, 3.8) is 0 Å². The molecule has 8 N–H and O–H groups in total. The number of likely N-dealkylation sites (tertiary alicyclic amines) is 1. The van der Waals surface area contributed by atoms with Gasteiger partial charge in [0.15, 0.2) is 28.4 Å². The molecular formula is C23H29ClN10O3. The minimum absolute atomic E-state index is 0.00416. The summed E-state index contributed by atoms with van der Waals surface area (Å²) in [6.07, 6.45) is 1.26. The number of aromatic nitrogens is 2. The summed E-state index contributed by atoms with van der Waals surface area (Å²) in [5, 5.41) is 11.3. The molecule has 1 aromatic heterocycles. The third kappa shape index (κ3) is 6.00. The van der Waals surface area contributed by atoms with Crippen molar-refractivity contribution >= 4 is 52.7 Å². The van der Waals surface area contributed by atoms with Gasteiger partial charge in [-0.1, -0.05) is 17.7 Å². The number of carbonyl (C=O) groups excluding carboxylic acids is 3. The minimum atomic E-state index is -0.613. The number of nitrogen functional groups attached to an aromatic ring is 2. The van der Waals surface area contributed by atoms with Crippen LogP contribution >= 0.6 is 11.6 Å². The van der Waals surface area contributed by atoms with Gasteiger partial charge in [-0.05, 0) is 44.9 Å². The van der Waals surface area contributed by atoms with E-state index in [9.17, 15) is 14.4 Å². The lowest BCUT2D eigenvalue weighted by molar-refractivity contribution is 0.0668. The summed E-state index contributed by atoms with van der Waals surface area (Å²) in [4.78, 5) is 51.6. The Bertz CT molecular complexity index is 1260. The van der Waals surface area contributed by atoms with Crippen LogP contribution in [0.4, 0.5) is 22.1 Å². The number of amides is 4. The first-order valence-electron chi connectivity index (χ1n) is 11.7. The van der Waals surface area contributed by atoms with Crippen LogP contribution < -0.4 is 32.7 Å². The fourth-order valence-electron chi connectivity index (χ4n) is 4.17. The zero-order valence-corrected chi connectivity index (χ0v) is 21.2. The monoisotopic (exact) mass is 528 g/mol. The predicted octanol–water partition coefficient (Wildman–Crippen LogP) is 1.19. The van der Waals surface area contributed by atoms with Crippen molar-refractivity contribution in [2.75, 3.05) is 36.4 Å². The molecular weight excluding hydrogens is 500 g/mol. The van der Waals surface area contributed by atoms with Gasteiger partial charge in [0.05, 0.1) is 12.1 Å². The summed E-state index contributed by atoms with van der Waals surface area (Å²) >= 11 is 5.86. The molecule has 0 atom stereocenters. The molecule has 14 heteroatoms. The van der Waals surface area contributed by atoms with E-state index in [0.29, 0.717) is 43.7 Å². The number of piperidine rings is 1. The molecule has 4 amide bonds. The van der Waals surface area contributed by atoms with E-state index in [0.717, 1.165) is 0 Å². The van der Waals surface area contributed by atoms with E-state index in [1.165, 1.54) is 0 Å². The number of carbonyl (C=O) groups is 3. The Labute approximate surface area is 218 Å². The van der Waals surface area contributed by atoms with Crippen LogP contribution in [0.3, 0.4) is 0 Å². The van der Waals surface area contributed by atoms with Crippen LogP contribution in [-0.4, -0.2) is 69.9 Å². The second-order valence-corrected chi connectivity index (χ2v) is 9.64. The summed E-state index contributed by atoms with van der Waals surface area (Å²) < 4.78 is 0. The maximum absolute atomic E-state index is 13.1. The van der Waals surface area contributed by atoms with E-state index in [4.69, 9.17) is 23.1 Å². The highest BCUT2D eigenvalue weighted by Crippen LogP contribution is 2.27. The average molecular weight is 529 g/mol. The molecule has 0 radical (unpaired) electrons. The molecule has 1 saturated heterocycles. The van der Waals surface area contributed by atoms with Gasteiger partial charge in [0.25, 0.3) is 11.8 Å². The van der Waals surface area contributed by atoms with E-state index < -0.39 is 5.91 Å². The van der Waals surface area contributed by atoms with E-state index in [1.807, 2.05) is 13.8 Å². The zero-order chi connectivity index (χ0) is 26.7. The third-order valence-electron chi connectivity index (χ3n) is 6.07. The number of rotatable bonds is 4. The minimum Gasteiger partial charge on any atom is -0.382 e. The van der Waals surface area contributed by atoms with Gasteiger partial charge in [-0.2, -0.15) is 0 Å². The fraction of sp³-hybridized carbons (Fsp3) is 0.391. The van der Waals surface area contributed by atoms with Crippen LogP contribution in [0.25, 0.3) is 0 Å². The highest BCUT2D eigenvalue weighted by molar-refractivity contribution is 6.31. The summed E-state index contributed by atoms with van der Waals surface area (Å²) in [5.41, 5.74) is 11.8. The zero-order valence-electron chi connectivity index (χ0n) is 20.5. The molecule has 2 aromatic rings. The molecule has 1 spiro atoms. The molecule has 3 heterocycles. The summed E-state index contributed by atoms with van der Waals surface area (Å²) in [5.74, 6) is -0.647. The fourth-order valence-corrected chi connectivity index (χ4v) is 4.30. The SMILES string of the molecule is CC(C)NC(=O)Nc1cccc(C(=O)N2CCC3(CC2)CN=C(NC(=O)c2nc(Cl)c(N)nc2N)N3)c1. The second kappa shape index (κ2) is 10.5. The number of hydrogen-bond donors (Lipinski definition) is 6. The normalized spacial score (nSPS) is 16.2. The van der Waals surface area contributed by atoms with Crippen LogP contribution in [0.1, 0.15) is 47.5 Å².